The summed E-state index contributed by atoms with van der Waals surface area (Å²) in [5.41, 5.74) is 1.44. The fourth-order valence-electron chi connectivity index (χ4n) is 2.66. The molecule has 0 heterocycles. The molecule has 0 N–H and O–H groups in total. The van der Waals surface area contributed by atoms with Crippen molar-refractivity contribution in [2.24, 2.45) is 0 Å². The van der Waals surface area contributed by atoms with Crippen molar-refractivity contribution in [3.8, 4) is 0 Å². The SMILES string of the molecule is CCCCCCCCCCCC[CH]Cc1ccccc1. The molecule has 1 aromatic carbocycles. The van der Waals surface area contributed by atoms with Crippen LogP contribution in [-0.2, 0) is 6.42 Å². The number of rotatable bonds is 13. The lowest BCUT2D eigenvalue weighted by Crippen LogP contribution is -1.87. The van der Waals surface area contributed by atoms with Crippen LogP contribution in [0, 0.1) is 6.42 Å². The molecule has 0 spiro atoms. The third kappa shape index (κ3) is 10.1. The highest BCUT2D eigenvalue weighted by Gasteiger charge is 1.95. The Morgan fingerprint density at radius 1 is 0.700 bits per heavy atom. The first-order chi connectivity index (χ1) is 9.93. The monoisotopic (exact) mass is 273 g/mol. The van der Waals surface area contributed by atoms with Crippen molar-refractivity contribution >= 4 is 0 Å². The van der Waals surface area contributed by atoms with Gasteiger partial charge in [0.15, 0.2) is 0 Å². The molecule has 1 aromatic rings. The minimum absolute atomic E-state index is 1.14. The maximum atomic E-state index is 2.44. The standard InChI is InChI=1S/C20H33/c1-2-3-4-5-6-7-8-9-10-11-12-14-17-20-18-15-13-16-19-20/h13-16,18-19H,2-12,17H2,1H3. The van der Waals surface area contributed by atoms with E-state index in [0.29, 0.717) is 0 Å². The first-order valence-electron chi connectivity index (χ1n) is 8.79. The predicted molar refractivity (Wildman–Crippen MR) is 90.9 cm³/mol. The van der Waals surface area contributed by atoms with E-state index in [-0.39, 0.29) is 0 Å². The van der Waals surface area contributed by atoms with Crippen LogP contribution >= 0.6 is 0 Å². The summed E-state index contributed by atoms with van der Waals surface area (Å²) in [6.07, 6.45) is 19.2. The summed E-state index contributed by atoms with van der Waals surface area (Å²) < 4.78 is 0. The van der Waals surface area contributed by atoms with Gasteiger partial charge in [0.25, 0.3) is 0 Å². The largest absolute Gasteiger partial charge is 0.0654 e. The van der Waals surface area contributed by atoms with Crippen LogP contribution in [0.2, 0.25) is 0 Å². The zero-order chi connectivity index (χ0) is 14.3. The van der Waals surface area contributed by atoms with E-state index < -0.39 is 0 Å². The molecule has 0 amide bonds. The molecular formula is C20H33. The minimum Gasteiger partial charge on any atom is -0.0654 e. The average molecular weight is 273 g/mol. The molecule has 0 bridgehead atoms. The Morgan fingerprint density at radius 3 is 1.85 bits per heavy atom. The van der Waals surface area contributed by atoms with E-state index in [1.807, 2.05) is 0 Å². The molecular weight excluding hydrogens is 240 g/mol. The van der Waals surface area contributed by atoms with Crippen molar-refractivity contribution in [1.29, 1.82) is 0 Å². The van der Waals surface area contributed by atoms with Gasteiger partial charge in [0.2, 0.25) is 0 Å². The van der Waals surface area contributed by atoms with Gasteiger partial charge in [-0.2, -0.15) is 0 Å². The average Bonchev–Trinajstić information content (AvgIpc) is 2.49. The molecule has 1 rings (SSSR count). The van der Waals surface area contributed by atoms with Gasteiger partial charge < -0.3 is 0 Å². The quantitative estimate of drug-likeness (QED) is 0.349. The third-order valence-electron chi connectivity index (χ3n) is 3.98. The second-order valence-corrected chi connectivity index (χ2v) is 5.95. The third-order valence-corrected chi connectivity index (χ3v) is 3.98. The molecule has 0 saturated heterocycles. The maximum absolute atomic E-state index is 2.44. The van der Waals surface area contributed by atoms with E-state index in [0.717, 1.165) is 6.42 Å². The maximum Gasteiger partial charge on any atom is -0.0248 e. The second-order valence-electron chi connectivity index (χ2n) is 5.95. The zero-order valence-corrected chi connectivity index (χ0v) is 13.4. The summed E-state index contributed by atoms with van der Waals surface area (Å²) in [6.45, 7) is 2.29. The normalized spacial score (nSPS) is 10.8. The molecule has 0 aliphatic carbocycles. The fraction of sp³-hybridized carbons (Fsp3) is 0.650. The van der Waals surface area contributed by atoms with E-state index in [1.165, 1.54) is 76.2 Å². The van der Waals surface area contributed by atoms with Gasteiger partial charge in [-0.25, -0.2) is 0 Å². The Bertz CT molecular complexity index is 288. The van der Waals surface area contributed by atoms with Gasteiger partial charge in [0, 0.05) is 0 Å². The van der Waals surface area contributed by atoms with Crippen molar-refractivity contribution in [2.45, 2.75) is 84.0 Å². The lowest BCUT2D eigenvalue weighted by Gasteiger charge is -2.03. The van der Waals surface area contributed by atoms with Gasteiger partial charge >= 0.3 is 0 Å². The predicted octanol–water partition coefficient (Wildman–Crippen LogP) is 6.74. The Labute approximate surface area is 127 Å². The second kappa shape index (κ2) is 13.2. The van der Waals surface area contributed by atoms with Crippen LogP contribution in [-0.4, -0.2) is 0 Å². The van der Waals surface area contributed by atoms with Gasteiger partial charge in [0.1, 0.15) is 0 Å². The van der Waals surface area contributed by atoms with Crippen LogP contribution in [0.4, 0.5) is 0 Å². The molecule has 0 aliphatic heterocycles. The van der Waals surface area contributed by atoms with Crippen LogP contribution in [0.3, 0.4) is 0 Å². The smallest absolute Gasteiger partial charge is 0.0248 e. The summed E-state index contributed by atoms with van der Waals surface area (Å²) in [7, 11) is 0. The summed E-state index contributed by atoms with van der Waals surface area (Å²) in [5, 5.41) is 0. The van der Waals surface area contributed by atoms with Gasteiger partial charge in [-0.15, -0.1) is 0 Å². The summed E-state index contributed by atoms with van der Waals surface area (Å²) >= 11 is 0. The zero-order valence-electron chi connectivity index (χ0n) is 13.4. The molecule has 0 saturated carbocycles. The summed E-state index contributed by atoms with van der Waals surface area (Å²) in [6, 6.07) is 10.8. The Hall–Kier alpha value is -0.780. The van der Waals surface area contributed by atoms with Crippen molar-refractivity contribution in [3.63, 3.8) is 0 Å². The van der Waals surface area contributed by atoms with Crippen LogP contribution in [0.5, 0.6) is 0 Å². The fourth-order valence-corrected chi connectivity index (χ4v) is 2.66. The van der Waals surface area contributed by atoms with Crippen molar-refractivity contribution in [2.75, 3.05) is 0 Å². The Morgan fingerprint density at radius 2 is 1.25 bits per heavy atom. The van der Waals surface area contributed by atoms with Gasteiger partial charge in [-0.05, 0) is 24.8 Å². The molecule has 0 fully saturated rings. The Balaban J connectivity index is 1.77. The van der Waals surface area contributed by atoms with Gasteiger partial charge in [-0.3, -0.25) is 0 Å². The first-order valence-corrected chi connectivity index (χ1v) is 8.79. The number of unbranched alkanes of at least 4 members (excludes halogenated alkanes) is 11. The van der Waals surface area contributed by atoms with Gasteiger partial charge in [-0.1, -0.05) is 101 Å². The van der Waals surface area contributed by atoms with Crippen LogP contribution in [0.15, 0.2) is 30.3 Å². The van der Waals surface area contributed by atoms with Crippen LogP contribution < -0.4 is 0 Å². The molecule has 0 unspecified atom stereocenters. The summed E-state index contributed by atoms with van der Waals surface area (Å²) in [5.74, 6) is 0. The minimum atomic E-state index is 1.14. The van der Waals surface area contributed by atoms with Crippen LogP contribution in [0.25, 0.3) is 0 Å². The highest BCUT2D eigenvalue weighted by atomic mass is 14.0. The van der Waals surface area contributed by atoms with Crippen LogP contribution in [0.1, 0.15) is 83.1 Å². The number of hydrogen-bond acceptors (Lipinski definition) is 0. The molecule has 113 valence electrons. The van der Waals surface area contributed by atoms with E-state index >= 15 is 0 Å². The number of hydrogen-bond donors (Lipinski definition) is 0. The molecule has 20 heavy (non-hydrogen) atoms. The topological polar surface area (TPSA) is 0 Å². The lowest BCUT2D eigenvalue weighted by atomic mass is 10.0. The molecule has 0 aromatic heterocycles. The van der Waals surface area contributed by atoms with E-state index in [9.17, 15) is 0 Å². The van der Waals surface area contributed by atoms with E-state index in [4.69, 9.17) is 0 Å². The molecule has 0 nitrogen and oxygen atoms in total. The molecule has 0 atom stereocenters. The van der Waals surface area contributed by atoms with E-state index in [1.54, 1.807) is 0 Å². The number of benzene rings is 1. The lowest BCUT2D eigenvalue weighted by molar-refractivity contribution is 0.555. The van der Waals surface area contributed by atoms with Crippen molar-refractivity contribution in [3.05, 3.63) is 42.3 Å². The molecule has 1 radical (unpaired) electrons. The first kappa shape index (κ1) is 17.3. The molecule has 0 heteroatoms. The van der Waals surface area contributed by atoms with Crippen molar-refractivity contribution in [1.82, 2.24) is 0 Å². The molecule has 0 aliphatic rings. The highest BCUT2D eigenvalue weighted by molar-refractivity contribution is 5.16. The Kier molecular flexibility index (Phi) is 11.4. The highest BCUT2D eigenvalue weighted by Crippen LogP contribution is 2.12. The van der Waals surface area contributed by atoms with E-state index in [2.05, 4.69) is 43.7 Å². The summed E-state index contributed by atoms with van der Waals surface area (Å²) in [4.78, 5) is 0. The van der Waals surface area contributed by atoms with Gasteiger partial charge in [0.05, 0.1) is 0 Å². The van der Waals surface area contributed by atoms with Crippen molar-refractivity contribution < 1.29 is 0 Å².